The summed E-state index contributed by atoms with van der Waals surface area (Å²) < 4.78 is 41.0. The number of nitrogens with one attached hydrogen (secondary N) is 2. The number of amides is 4. The zero-order valence-corrected chi connectivity index (χ0v) is 49.4. The molecule has 3 fully saturated rings. The minimum absolute atomic E-state index is 0.0234. The number of likely N-dealkylation sites (tertiary alicyclic amines) is 2. The lowest BCUT2D eigenvalue weighted by atomic mass is 9.85. The Balaban J connectivity index is 0.825. The SMILES string of the molecule is C=CC(=O)N1CCN(c2nc(=O)n(-c3c(C)ccnc3C(C)C)c3nc(-c4c(F)cccc4OCC4CCN(CCCC(=O)NC(C(=O)N5CC(O)CC5C(=O)NCc5ccc(-c6scnc6C)cc5)C(C)(C)C)CC4)c(F)cc23)C(C)C1. The van der Waals surface area contributed by atoms with E-state index in [4.69, 9.17) is 9.72 Å². The lowest BCUT2D eigenvalue weighted by Gasteiger charge is -2.40. The molecule has 21 heteroatoms. The Labute approximate surface area is 487 Å². The van der Waals surface area contributed by atoms with Gasteiger partial charge in [-0.1, -0.05) is 71.5 Å². The number of aromatic nitrogens is 5. The van der Waals surface area contributed by atoms with Gasteiger partial charge in [0.05, 0.1) is 51.1 Å². The van der Waals surface area contributed by atoms with Crippen molar-refractivity contribution in [3.63, 3.8) is 0 Å². The van der Waals surface area contributed by atoms with Crippen LogP contribution in [0.4, 0.5) is 14.6 Å². The summed E-state index contributed by atoms with van der Waals surface area (Å²) in [5.41, 5.74) is 4.59. The van der Waals surface area contributed by atoms with Crippen LogP contribution >= 0.6 is 11.3 Å². The van der Waals surface area contributed by atoms with E-state index in [2.05, 4.69) is 37.1 Å². The number of piperidine rings is 1. The Morgan fingerprint density at radius 2 is 1.71 bits per heavy atom. The fraction of sp³-hybridized carbons (Fsp3) is 0.468. The molecule has 0 saturated carbocycles. The van der Waals surface area contributed by atoms with E-state index in [0.29, 0.717) is 62.6 Å². The average molecular weight is 1160 g/mol. The molecule has 83 heavy (non-hydrogen) atoms. The summed E-state index contributed by atoms with van der Waals surface area (Å²) in [6, 6.07) is 13.0. The number of anilines is 1. The van der Waals surface area contributed by atoms with Gasteiger partial charge in [-0.05, 0) is 124 Å². The van der Waals surface area contributed by atoms with E-state index in [1.165, 1.54) is 33.7 Å². The first-order valence-corrected chi connectivity index (χ1v) is 29.5. The molecule has 3 aliphatic heterocycles. The van der Waals surface area contributed by atoms with Crippen LogP contribution in [0.15, 0.2) is 83.8 Å². The number of carbonyl (C=O) groups excluding carboxylic acids is 4. The summed E-state index contributed by atoms with van der Waals surface area (Å²) in [6.45, 7) is 22.2. The predicted octanol–water partition coefficient (Wildman–Crippen LogP) is 7.89. The Morgan fingerprint density at radius 3 is 2.39 bits per heavy atom. The van der Waals surface area contributed by atoms with Crippen LogP contribution in [0.1, 0.15) is 102 Å². The minimum Gasteiger partial charge on any atom is -0.492 e. The van der Waals surface area contributed by atoms with Crippen molar-refractivity contribution in [1.82, 2.24) is 49.8 Å². The van der Waals surface area contributed by atoms with Crippen LogP contribution < -0.4 is 26.0 Å². The molecule has 3 N–H and O–H groups in total. The second-order valence-corrected chi connectivity index (χ2v) is 24.4. The zero-order chi connectivity index (χ0) is 59.4. The Bertz CT molecular complexity index is 3450. The lowest BCUT2D eigenvalue weighted by Crippen LogP contribution is -2.57. The molecule has 2 aromatic carbocycles. The molecule has 9 rings (SSSR count). The highest BCUT2D eigenvalue weighted by molar-refractivity contribution is 7.13. The third-order valence-electron chi connectivity index (χ3n) is 16.1. The predicted molar refractivity (Wildman–Crippen MR) is 316 cm³/mol. The Morgan fingerprint density at radius 1 is 0.964 bits per heavy atom. The molecule has 440 valence electrons. The number of β-amino-alcohol motifs (C(OH)–C–C–N with tert-alkyl or cyclic N) is 1. The summed E-state index contributed by atoms with van der Waals surface area (Å²) in [6.07, 6.45) is 4.31. The summed E-state index contributed by atoms with van der Waals surface area (Å²) in [5, 5.41) is 16.9. The number of carbonyl (C=O) groups is 4. The molecule has 0 spiro atoms. The van der Waals surface area contributed by atoms with E-state index >= 15 is 8.78 Å². The minimum atomic E-state index is -0.944. The molecular weight excluding hydrogens is 1080 g/mol. The van der Waals surface area contributed by atoms with Gasteiger partial charge in [-0.15, -0.1) is 11.3 Å². The van der Waals surface area contributed by atoms with Crippen molar-refractivity contribution in [3.8, 4) is 33.1 Å². The van der Waals surface area contributed by atoms with E-state index in [1.54, 1.807) is 34.6 Å². The van der Waals surface area contributed by atoms with Gasteiger partial charge in [0.15, 0.2) is 11.5 Å². The van der Waals surface area contributed by atoms with Gasteiger partial charge in [0.2, 0.25) is 23.6 Å². The maximum atomic E-state index is 16.9. The van der Waals surface area contributed by atoms with E-state index in [0.717, 1.165) is 34.5 Å². The smallest absolute Gasteiger partial charge is 0.355 e. The van der Waals surface area contributed by atoms with Gasteiger partial charge in [0, 0.05) is 57.8 Å². The van der Waals surface area contributed by atoms with Crippen LogP contribution in [0.2, 0.25) is 0 Å². The Hall–Kier alpha value is -7.49. The monoisotopic (exact) mass is 1160 g/mol. The number of hydrogen-bond acceptors (Lipinski definition) is 14. The normalized spacial score (nSPS) is 18.4. The highest BCUT2D eigenvalue weighted by Gasteiger charge is 2.44. The van der Waals surface area contributed by atoms with Crippen molar-refractivity contribution < 1.29 is 37.8 Å². The van der Waals surface area contributed by atoms with Gasteiger partial charge in [0.1, 0.15) is 35.2 Å². The summed E-state index contributed by atoms with van der Waals surface area (Å²) in [5.74, 6) is -2.68. The third-order valence-corrected chi connectivity index (χ3v) is 17.1. The van der Waals surface area contributed by atoms with Crippen molar-refractivity contribution >= 4 is 51.8 Å². The molecule has 4 atom stereocenters. The molecule has 6 aromatic rings. The fourth-order valence-corrected chi connectivity index (χ4v) is 12.3. The van der Waals surface area contributed by atoms with Gasteiger partial charge < -0.3 is 40.1 Å². The summed E-state index contributed by atoms with van der Waals surface area (Å²) in [4.78, 5) is 95.1. The molecule has 0 bridgehead atoms. The number of benzene rings is 2. The first-order chi connectivity index (χ1) is 39.6. The number of halogens is 2. The number of aliphatic hydroxyl groups is 1. The number of nitrogens with zero attached hydrogens (tertiary/aromatic N) is 9. The van der Waals surface area contributed by atoms with Gasteiger partial charge in [0.25, 0.3) is 0 Å². The van der Waals surface area contributed by atoms with E-state index in [-0.39, 0.29) is 102 Å². The van der Waals surface area contributed by atoms with Crippen molar-refractivity contribution in [3.05, 3.63) is 124 Å². The lowest BCUT2D eigenvalue weighted by molar-refractivity contribution is -0.144. The second-order valence-electron chi connectivity index (χ2n) is 23.5. The van der Waals surface area contributed by atoms with Crippen LogP contribution in [0.25, 0.3) is 38.4 Å². The quantitative estimate of drug-likeness (QED) is 0.0701. The van der Waals surface area contributed by atoms with E-state index < -0.39 is 46.8 Å². The zero-order valence-electron chi connectivity index (χ0n) is 48.6. The largest absolute Gasteiger partial charge is 0.492 e. The van der Waals surface area contributed by atoms with Crippen LogP contribution in [0.5, 0.6) is 5.75 Å². The average Bonchev–Trinajstić information content (AvgIpc) is 1.93. The van der Waals surface area contributed by atoms with Gasteiger partial charge in [-0.3, -0.25) is 24.2 Å². The summed E-state index contributed by atoms with van der Waals surface area (Å²) >= 11 is 1.56. The maximum Gasteiger partial charge on any atom is 0.355 e. The molecule has 3 aliphatic rings. The van der Waals surface area contributed by atoms with E-state index in [9.17, 15) is 29.1 Å². The van der Waals surface area contributed by atoms with Crippen LogP contribution in [0, 0.1) is 36.8 Å². The van der Waals surface area contributed by atoms with Crippen LogP contribution in [-0.2, 0) is 25.7 Å². The first-order valence-electron chi connectivity index (χ1n) is 28.6. The number of pyridine rings is 2. The number of thiazole rings is 1. The number of fused-ring (bicyclic) bond motifs is 1. The topological polar surface area (TPSA) is 208 Å². The van der Waals surface area contributed by atoms with Gasteiger partial charge >= 0.3 is 5.69 Å². The van der Waals surface area contributed by atoms with Crippen LogP contribution in [0.3, 0.4) is 0 Å². The van der Waals surface area contributed by atoms with Gasteiger partial charge in [-0.25, -0.2) is 28.1 Å². The van der Waals surface area contributed by atoms with Gasteiger partial charge in [-0.2, -0.15) is 4.98 Å². The van der Waals surface area contributed by atoms with Crippen molar-refractivity contribution in [2.45, 2.75) is 124 Å². The standard InChI is InChI=1S/C62H75F2N11O7S/c1-10-50(78)72-27-28-73(38(5)32-72)57-44-30-46(64)53(69-58(44)75(61(81)70-57)54-37(4)20-23-65-52(54)36(2)3)51-45(63)13-11-14-48(51)82-34-41-21-25-71(26-22-41)24-12-15-49(77)68-56(62(7,8)9)60(80)74-33-43(76)29-47(74)59(79)66-31-40-16-18-42(19-17-40)55-39(6)67-35-83-55/h10-11,13-14,16-20,23,30,35-36,38,41,43,47,56,76H,1,12,15,21-22,24-29,31-34H2,2-9H3,(H,66,79)(H,68,77). The maximum absolute atomic E-state index is 16.9. The van der Waals surface area contributed by atoms with E-state index in [1.807, 2.05) is 90.1 Å². The van der Waals surface area contributed by atoms with Crippen molar-refractivity contribution in [2.75, 3.05) is 57.3 Å². The summed E-state index contributed by atoms with van der Waals surface area (Å²) in [7, 11) is 0. The molecular formula is C62H75F2N11O7S. The number of hydrogen-bond donors (Lipinski definition) is 3. The molecule has 4 aromatic heterocycles. The molecule has 7 heterocycles. The molecule has 0 radical (unpaired) electrons. The molecule has 18 nitrogen and oxygen atoms in total. The molecule has 0 aliphatic carbocycles. The number of aliphatic hydroxyl groups excluding tert-OH is 1. The molecule has 4 unspecified atom stereocenters. The first kappa shape index (κ1) is 60.1. The molecule has 4 amide bonds. The molecule has 3 saturated heterocycles. The third kappa shape index (κ3) is 13.3. The number of aryl methyl sites for hydroxylation is 2. The number of ether oxygens (including phenoxy) is 1. The number of piperazine rings is 1. The highest BCUT2D eigenvalue weighted by atomic mass is 32.1. The fourth-order valence-electron chi connectivity index (χ4n) is 11.5. The highest BCUT2D eigenvalue weighted by Crippen LogP contribution is 2.39. The van der Waals surface area contributed by atoms with Crippen molar-refractivity contribution in [1.29, 1.82) is 0 Å². The number of rotatable bonds is 18. The van der Waals surface area contributed by atoms with Crippen LogP contribution in [-0.4, -0.2) is 145 Å². The second kappa shape index (κ2) is 25.6. The van der Waals surface area contributed by atoms with Crippen molar-refractivity contribution in [2.24, 2.45) is 11.3 Å². The Kier molecular flexibility index (Phi) is 18.5.